The minimum Gasteiger partial charge on any atom is -0.369 e. The number of guanidine groups is 1. The summed E-state index contributed by atoms with van der Waals surface area (Å²) in [5.41, 5.74) is 3.79. The number of nitrogens with zero attached hydrogens (tertiary/aromatic N) is 3. The maximum Gasteiger partial charge on any atom is 0.268 e. The topological polar surface area (TPSA) is 71.6 Å². The Morgan fingerprint density at radius 1 is 1.03 bits per heavy atom. The van der Waals surface area contributed by atoms with Crippen molar-refractivity contribution in [2.24, 2.45) is 10.7 Å². The van der Waals surface area contributed by atoms with Crippen LogP contribution in [0.2, 0.25) is 0 Å². The van der Waals surface area contributed by atoms with Crippen molar-refractivity contribution in [3.05, 3.63) is 89.0 Å². The van der Waals surface area contributed by atoms with Crippen molar-refractivity contribution in [2.45, 2.75) is 12.2 Å². The third kappa shape index (κ3) is 3.22. The molecule has 1 aliphatic rings. The van der Waals surface area contributed by atoms with E-state index in [0.29, 0.717) is 6.07 Å². The van der Waals surface area contributed by atoms with Crippen molar-refractivity contribution in [1.82, 2.24) is 9.88 Å². The Balaban J connectivity index is 2.02. The van der Waals surface area contributed by atoms with Gasteiger partial charge in [0.2, 0.25) is 5.54 Å². The van der Waals surface area contributed by atoms with Gasteiger partial charge < -0.3 is 5.73 Å². The molecular formula is C22H16F4N4O. The third-order valence-electron chi connectivity index (χ3n) is 5.19. The van der Waals surface area contributed by atoms with Crippen LogP contribution in [0.1, 0.15) is 16.8 Å². The average molecular weight is 428 g/mol. The van der Waals surface area contributed by atoms with E-state index in [1.165, 1.54) is 37.5 Å². The normalized spacial score (nSPS) is 18.4. The molecule has 1 aliphatic heterocycles. The lowest BCUT2D eigenvalue weighted by molar-refractivity contribution is -0.129. The smallest absolute Gasteiger partial charge is 0.268 e. The minimum atomic E-state index is -2.07. The van der Waals surface area contributed by atoms with Gasteiger partial charge in [-0.3, -0.25) is 14.7 Å². The van der Waals surface area contributed by atoms with Gasteiger partial charge in [0.15, 0.2) is 5.96 Å². The van der Waals surface area contributed by atoms with Crippen LogP contribution in [-0.4, -0.2) is 28.8 Å². The zero-order chi connectivity index (χ0) is 22.3. The molecule has 0 fully saturated rings. The molecular weight excluding hydrogens is 412 g/mol. The Morgan fingerprint density at radius 2 is 1.74 bits per heavy atom. The molecule has 1 aromatic heterocycles. The van der Waals surface area contributed by atoms with Crippen molar-refractivity contribution in [3.63, 3.8) is 0 Å². The van der Waals surface area contributed by atoms with Crippen LogP contribution >= 0.6 is 0 Å². The molecule has 0 bridgehead atoms. The number of pyridine rings is 1. The molecule has 2 heterocycles. The van der Waals surface area contributed by atoms with Crippen molar-refractivity contribution >= 4 is 11.9 Å². The number of carbonyl (C=O) groups is 1. The largest absolute Gasteiger partial charge is 0.369 e. The number of likely N-dealkylation sites (N-methyl/N-ethyl adjacent to an activating group) is 1. The Labute approximate surface area is 174 Å². The van der Waals surface area contributed by atoms with Crippen LogP contribution in [0.3, 0.4) is 0 Å². The number of nitrogens with two attached hydrogens (primary N) is 1. The van der Waals surface area contributed by atoms with E-state index in [1.54, 1.807) is 0 Å². The second kappa shape index (κ2) is 7.50. The molecule has 158 valence electrons. The number of alkyl halides is 1. The number of rotatable bonds is 4. The van der Waals surface area contributed by atoms with Gasteiger partial charge in [0, 0.05) is 30.4 Å². The Bertz CT molecular complexity index is 1210. The van der Waals surface area contributed by atoms with Crippen molar-refractivity contribution < 1.29 is 22.4 Å². The van der Waals surface area contributed by atoms with Crippen LogP contribution < -0.4 is 5.73 Å². The summed E-state index contributed by atoms with van der Waals surface area (Å²) in [5.74, 6) is -3.44. The van der Waals surface area contributed by atoms with Crippen LogP contribution in [0.4, 0.5) is 17.6 Å². The Hall–Kier alpha value is -3.75. The SMILES string of the molecule is CN1C(=O)C(c2cc(CF)ccn2)(c2cc(-c3ccc(F)cc3)c(F)cc2F)N=C1N. The molecule has 1 unspecified atom stereocenters. The Kier molecular flexibility index (Phi) is 4.96. The first-order chi connectivity index (χ1) is 14.8. The lowest BCUT2D eigenvalue weighted by Crippen LogP contribution is -2.42. The van der Waals surface area contributed by atoms with Gasteiger partial charge in [-0.25, -0.2) is 22.6 Å². The van der Waals surface area contributed by atoms with E-state index in [9.17, 15) is 18.0 Å². The summed E-state index contributed by atoms with van der Waals surface area (Å²) in [7, 11) is 1.35. The van der Waals surface area contributed by atoms with Gasteiger partial charge >= 0.3 is 0 Å². The molecule has 0 aliphatic carbocycles. The zero-order valence-corrected chi connectivity index (χ0v) is 16.2. The predicted molar refractivity (Wildman–Crippen MR) is 106 cm³/mol. The second-order valence-corrected chi connectivity index (χ2v) is 7.05. The number of benzene rings is 2. The van der Waals surface area contributed by atoms with Crippen molar-refractivity contribution in [2.75, 3.05) is 7.05 Å². The van der Waals surface area contributed by atoms with E-state index < -0.39 is 35.6 Å². The molecule has 0 spiro atoms. The predicted octanol–water partition coefficient (Wildman–Crippen LogP) is 3.67. The van der Waals surface area contributed by atoms with E-state index in [2.05, 4.69) is 9.98 Å². The number of amides is 1. The van der Waals surface area contributed by atoms with Crippen molar-refractivity contribution in [3.8, 4) is 11.1 Å². The fraction of sp³-hybridized carbons (Fsp3) is 0.136. The molecule has 0 saturated heterocycles. The molecule has 1 amide bonds. The summed E-state index contributed by atoms with van der Waals surface area (Å²) in [5, 5.41) is 0. The molecule has 4 rings (SSSR count). The standard InChI is InChI=1S/C22H16F4N4O/c1-30-20(31)22(29-21(30)27,19-8-12(11-23)6-7-28-19)16-9-15(17(25)10-18(16)26)13-2-4-14(24)5-3-13/h2-10H,11H2,1H3,(H2,27,29). The lowest BCUT2D eigenvalue weighted by atomic mass is 9.83. The monoisotopic (exact) mass is 428 g/mol. The summed E-state index contributed by atoms with van der Waals surface area (Å²) >= 11 is 0. The highest BCUT2D eigenvalue weighted by atomic mass is 19.1. The van der Waals surface area contributed by atoms with Gasteiger partial charge in [-0.05, 0) is 41.5 Å². The van der Waals surface area contributed by atoms with Crippen LogP contribution in [-0.2, 0) is 17.0 Å². The van der Waals surface area contributed by atoms with Gasteiger partial charge in [0.1, 0.15) is 24.1 Å². The minimum absolute atomic E-state index is 0.0597. The number of hydrogen-bond acceptors (Lipinski definition) is 4. The molecule has 1 atom stereocenters. The summed E-state index contributed by atoms with van der Waals surface area (Å²) < 4.78 is 56.4. The molecule has 0 radical (unpaired) electrons. The zero-order valence-electron chi connectivity index (χ0n) is 16.2. The highest BCUT2D eigenvalue weighted by Gasteiger charge is 2.52. The lowest BCUT2D eigenvalue weighted by Gasteiger charge is -2.26. The highest BCUT2D eigenvalue weighted by Crippen LogP contribution is 2.42. The second-order valence-electron chi connectivity index (χ2n) is 7.05. The quantitative estimate of drug-likeness (QED) is 0.645. The molecule has 9 heteroatoms. The fourth-order valence-corrected chi connectivity index (χ4v) is 3.55. The van der Waals surface area contributed by atoms with Crippen LogP contribution in [0.15, 0.2) is 59.7 Å². The molecule has 5 nitrogen and oxygen atoms in total. The number of aromatic nitrogens is 1. The molecule has 2 N–H and O–H groups in total. The number of aliphatic imine (C=N–C) groups is 1. The summed E-state index contributed by atoms with van der Waals surface area (Å²) in [6, 6.07) is 9.33. The van der Waals surface area contributed by atoms with Gasteiger partial charge in [0.05, 0.1) is 5.69 Å². The highest BCUT2D eigenvalue weighted by molar-refractivity contribution is 6.08. The third-order valence-corrected chi connectivity index (χ3v) is 5.19. The van der Waals surface area contributed by atoms with Crippen molar-refractivity contribution in [1.29, 1.82) is 0 Å². The molecule has 3 aromatic rings. The molecule has 0 saturated carbocycles. The number of hydrogen-bond donors (Lipinski definition) is 1. The summed E-state index contributed by atoms with van der Waals surface area (Å²) in [4.78, 5) is 22.6. The van der Waals surface area contributed by atoms with Crippen LogP contribution in [0.5, 0.6) is 0 Å². The van der Waals surface area contributed by atoms with E-state index in [0.717, 1.165) is 23.1 Å². The van der Waals surface area contributed by atoms with Gasteiger partial charge in [0.25, 0.3) is 5.91 Å². The van der Waals surface area contributed by atoms with Gasteiger partial charge in [-0.15, -0.1) is 0 Å². The Morgan fingerprint density at radius 3 is 2.35 bits per heavy atom. The summed E-state index contributed by atoms with van der Waals surface area (Å²) in [6.45, 7) is -0.846. The van der Waals surface area contributed by atoms with E-state index in [1.807, 2.05) is 0 Å². The molecule has 31 heavy (non-hydrogen) atoms. The first-order valence-electron chi connectivity index (χ1n) is 9.18. The van der Waals surface area contributed by atoms with E-state index in [-0.39, 0.29) is 33.9 Å². The van der Waals surface area contributed by atoms with Crippen LogP contribution in [0.25, 0.3) is 11.1 Å². The maximum atomic E-state index is 15.1. The first-order valence-corrected chi connectivity index (χ1v) is 9.18. The fourth-order valence-electron chi connectivity index (χ4n) is 3.55. The van der Waals surface area contributed by atoms with Gasteiger partial charge in [-0.1, -0.05) is 12.1 Å². The number of carbonyl (C=O) groups excluding carboxylic acids is 1. The van der Waals surface area contributed by atoms with E-state index in [4.69, 9.17) is 5.73 Å². The van der Waals surface area contributed by atoms with Gasteiger partial charge in [-0.2, -0.15) is 0 Å². The van der Waals surface area contributed by atoms with Crippen LogP contribution in [0, 0.1) is 17.5 Å². The average Bonchev–Trinajstić information content (AvgIpc) is 2.99. The van der Waals surface area contributed by atoms with E-state index >= 15 is 4.39 Å². The maximum absolute atomic E-state index is 15.1. The number of halogens is 4. The first kappa shape index (κ1) is 20.5. The summed E-state index contributed by atoms with van der Waals surface area (Å²) in [6.07, 6.45) is 1.27. The molecule has 2 aromatic carbocycles.